The van der Waals surface area contributed by atoms with Crippen LogP contribution in [0.15, 0.2) is 23.4 Å². The van der Waals surface area contributed by atoms with Gasteiger partial charge in [-0.3, -0.25) is 4.40 Å². The van der Waals surface area contributed by atoms with Gasteiger partial charge in [0.15, 0.2) is 5.03 Å². The van der Waals surface area contributed by atoms with Crippen molar-refractivity contribution in [2.24, 2.45) is 0 Å². The molecule has 2 aromatic rings. The number of aryl methyl sites for hydroxylation is 1. The Morgan fingerprint density at radius 3 is 2.78 bits per heavy atom. The van der Waals surface area contributed by atoms with Gasteiger partial charge in [0.25, 0.3) is 0 Å². The van der Waals surface area contributed by atoms with E-state index in [0.717, 1.165) is 18.4 Å². The normalized spacial score (nSPS) is 16.3. The first-order chi connectivity index (χ1) is 8.50. The van der Waals surface area contributed by atoms with Crippen molar-refractivity contribution >= 4 is 15.9 Å². The molecule has 3 rings (SSSR count). The van der Waals surface area contributed by atoms with E-state index in [0.29, 0.717) is 18.0 Å². The van der Waals surface area contributed by atoms with Gasteiger partial charge < -0.3 is 0 Å². The maximum absolute atomic E-state index is 13.3. The minimum Gasteiger partial charge on any atom is -0.288 e. The highest BCUT2D eigenvalue weighted by Gasteiger charge is 2.27. The average Bonchev–Trinajstić information content (AvgIpc) is 3.06. The third kappa shape index (κ3) is 1.80. The maximum Gasteiger partial charge on any atom is 0.350 e. The third-order valence-electron chi connectivity index (χ3n) is 3.29. The van der Waals surface area contributed by atoms with Crippen molar-refractivity contribution in [2.75, 3.05) is 0 Å². The van der Waals surface area contributed by atoms with Gasteiger partial charge in [-0.1, -0.05) is 10.8 Å². The first-order valence-electron chi connectivity index (χ1n) is 5.96. The molecule has 0 saturated heterocycles. The molecule has 2 aromatic heterocycles. The number of imidazole rings is 1. The predicted molar refractivity (Wildman–Crippen MR) is 64.8 cm³/mol. The van der Waals surface area contributed by atoms with Crippen LogP contribution in [-0.2, 0) is 16.6 Å². The second-order valence-electron chi connectivity index (χ2n) is 4.62. The molecule has 96 valence electrons. The van der Waals surface area contributed by atoms with Gasteiger partial charge in [0.1, 0.15) is 5.65 Å². The van der Waals surface area contributed by atoms with Crippen LogP contribution in [0, 0.1) is 0 Å². The van der Waals surface area contributed by atoms with Gasteiger partial charge in [0.2, 0.25) is 0 Å². The van der Waals surface area contributed by atoms with Crippen LogP contribution in [0.4, 0.5) is 3.89 Å². The summed E-state index contributed by atoms with van der Waals surface area (Å²) in [5.41, 5.74) is 1.94. The second kappa shape index (κ2) is 3.78. The number of aromatic nitrogens is 2. The van der Waals surface area contributed by atoms with Crippen LogP contribution in [-0.4, -0.2) is 17.8 Å². The van der Waals surface area contributed by atoms with Crippen LogP contribution in [0.3, 0.4) is 0 Å². The number of pyridine rings is 1. The fraction of sp³-hybridized carbons (Fsp3) is 0.417. The Morgan fingerprint density at radius 2 is 2.22 bits per heavy atom. The predicted octanol–water partition coefficient (Wildman–Crippen LogP) is 2.43. The van der Waals surface area contributed by atoms with Crippen molar-refractivity contribution in [3.05, 3.63) is 29.6 Å². The van der Waals surface area contributed by atoms with E-state index in [9.17, 15) is 12.3 Å². The van der Waals surface area contributed by atoms with E-state index in [4.69, 9.17) is 0 Å². The van der Waals surface area contributed by atoms with Crippen molar-refractivity contribution in [3.63, 3.8) is 0 Å². The van der Waals surface area contributed by atoms with E-state index in [2.05, 4.69) is 4.98 Å². The summed E-state index contributed by atoms with van der Waals surface area (Å²) in [6.45, 7) is 1.76. The van der Waals surface area contributed by atoms with Crippen LogP contribution < -0.4 is 0 Å². The third-order valence-corrected chi connectivity index (χ3v) is 4.18. The summed E-state index contributed by atoms with van der Waals surface area (Å²) in [6, 6.07) is 3.70. The molecule has 18 heavy (non-hydrogen) atoms. The number of rotatable bonds is 3. The lowest BCUT2D eigenvalue weighted by molar-refractivity contribution is 0.545. The molecule has 0 bridgehead atoms. The van der Waals surface area contributed by atoms with E-state index < -0.39 is 10.2 Å². The monoisotopic (exact) mass is 268 g/mol. The summed E-state index contributed by atoms with van der Waals surface area (Å²) in [6.07, 6.45) is 4.30. The lowest BCUT2D eigenvalue weighted by atomic mass is 10.2. The smallest absolute Gasteiger partial charge is 0.288 e. The van der Waals surface area contributed by atoms with E-state index in [1.165, 1.54) is 4.40 Å². The molecule has 0 aromatic carbocycles. The lowest BCUT2D eigenvalue weighted by Gasteiger charge is -2.01. The topological polar surface area (TPSA) is 51.4 Å². The van der Waals surface area contributed by atoms with Crippen LogP contribution in [0.25, 0.3) is 5.65 Å². The lowest BCUT2D eigenvalue weighted by Crippen LogP contribution is -2.01. The SMILES string of the molecule is CCc1nc2cc(C3CC3)ccn2c1S(=O)(=O)F. The largest absolute Gasteiger partial charge is 0.350 e. The maximum atomic E-state index is 13.3. The summed E-state index contributed by atoms with van der Waals surface area (Å²) < 4.78 is 37.0. The Hall–Kier alpha value is -1.43. The summed E-state index contributed by atoms with van der Waals surface area (Å²) in [4.78, 5) is 4.21. The Morgan fingerprint density at radius 1 is 1.50 bits per heavy atom. The number of hydrogen-bond acceptors (Lipinski definition) is 3. The van der Waals surface area contributed by atoms with Crippen molar-refractivity contribution in [3.8, 4) is 0 Å². The first-order valence-corrected chi connectivity index (χ1v) is 7.34. The van der Waals surface area contributed by atoms with E-state index in [1.807, 2.05) is 12.1 Å². The molecule has 4 nitrogen and oxygen atoms in total. The minimum atomic E-state index is -4.75. The van der Waals surface area contributed by atoms with Crippen molar-refractivity contribution < 1.29 is 12.3 Å². The van der Waals surface area contributed by atoms with Gasteiger partial charge >= 0.3 is 10.2 Å². The fourth-order valence-electron chi connectivity index (χ4n) is 2.25. The zero-order chi connectivity index (χ0) is 12.9. The summed E-state index contributed by atoms with van der Waals surface area (Å²) in [5, 5.41) is -0.331. The molecule has 1 saturated carbocycles. The summed E-state index contributed by atoms with van der Waals surface area (Å²) in [5.74, 6) is 0.558. The molecule has 0 amide bonds. The van der Waals surface area contributed by atoms with Crippen molar-refractivity contribution in [2.45, 2.75) is 37.1 Å². The first kappa shape index (κ1) is 11.6. The van der Waals surface area contributed by atoms with E-state index in [-0.39, 0.29) is 10.7 Å². The molecule has 0 unspecified atom stereocenters. The number of halogens is 1. The highest BCUT2D eigenvalue weighted by atomic mass is 32.3. The van der Waals surface area contributed by atoms with Crippen LogP contribution >= 0.6 is 0 Å². The number of hydrogen-bond donors (Lipinski definition) is 0. The molecule has 1 aliphatic carbocycles. The van der Waals surface area contributed by atoms with Crippen LogP contribution in [0.1, 0.15) is 36.9 Å². The second-order valence-corrected chi connectivity index (χ2v) is 5.88. The molecule has 0 spiro atoms. The zero-order valence-electron chi connectivity index (χ0n) is 9.93. The highest BCUT2D eigenvalue weighted by molar-refractivity contribution is 7.86. The molecule has 0 atom stereocenters. The van der Waals surface area contributed by atoms with Gasteiger partial charge in [-0.25, -0.2) is 4.98 Å². The number of fused-ring (bicyclic) bond motifs is 1. The standard InChI is InChI=1S/C12H13FN2O2S/c1-2-10-12(18(13,16)17)15-6-5-9(8-3-4-8)7-11(15)14-10/h5-8H,2-4H2,1H3. The van der Waals surface area contributed by atoms with E-state index >= 15 is 0 Å². The Bertz CT molecular complexity index is 717. The molecule has 0 radical (unpaired) electrons. The molecule has 6 heteroatoms. The Labute approximate surface area is 105 Å². The summed E-state index contributed by atoms with van der Waals surface area (Å²) in [7, 11) is -4.75. The highest BCUT2D eigenvalue weighted by Crippen LogP contribution is 2.40. The quantitative estimate of drug-likeness (QED) is 0.803. The number of nitrogens with zero attached hydrogens (tertiary/aromatic N) is 2. The van der Waals surface area contributed by atoms with Gasteiger partial charge in [-0.15, -0.1) is 0 Å². The molecule has 1 fully saturated rings. The molecule has 2 heterocycles. The molecule has 0 N–H and O–H groups in total. The van der Waals surface area contributed by atoms with Gasteiger partial charge in [0, 0.05) is 6.20 Å². The van der Waals surface area contributed by atoms with Crippen LogP contribution in [0.2, 0.25) is 0 Å². The Balaban J connectivity index is 2.27. The zero-order valence-corrected chi connectivity index (χ0v) is 10.7. The van der Waals surface area contributed by atoms with Crippen LogP contribution in [0.5, 0.6) is 0 Å². The minimum absolute atomic E-state index is 0.283. The summed E-state index contributed by atoms with van der Waals surface area (Å²) >= 11 is 0. The van der Waals surface area contributed by atoms with Gasteiger partial charge in [-0.2, -0.15) is 8.42 Å². The average molecular weight is 268 g/mol. The molecular weight excluding hydrogens is 255 g/mol. The Kier molecular flexibility index (Phi) is 2.45. The van der Waals surface area contributed by atoms with E-state index in [1.54, 1.807) is 13.1 Å². The fourth-order valence-corrected chi connectivity index (χ4v) is 3.11. The van der Waals surface area contributed by atoms with Crippen molar-refractivity contribution in [1.82, 2.24) is 9.38 Å². The van der Waals surface area contributed by atoms with Gasteiger partial charge in [0.05, 0.1) is 5.69 Å². The molecule has 1 aliphatic rings. The van der Waals surface area contributed by atoms with Crippen molar-refractivity contribution in [1.29, 1.82) is 0 Å². The van der Waals surface area contributed by atoms with Gasteiger partial charge in [-0.05, 0) is 42.9 Å². The molecule has 0 aliphatic heterocycles. The molecular formula is C12H13FN2O2S.